The fourth-order valence-electron chi connectivity index (χ4n) is 2.70. The van der Waals surface area contributed by atoms with E-state index in [1.54, 1.807) is 18.2 Å². The third-order valence-corrected chi connectivity index (χ3v) is 4.62. The van der Waals surface area contributed by atoms with Crippen molar-refractivity contribution in [1.29, 1.82) is 0 Å². The highest BCUT2D eigenvalue weighted by Gasteiger charge is 2.07. The van der Waals surface area contributed by atoms with E-state index in [1.165, 1.54) is 10.7 Å². The van der Waals surface area contributed by atoms with E-state index in [1.807, 2.05) is 44.2 Å². The van der Waals surface area contributed by atoms with Crippen LogP contribution in [0.15, 0.2) is 59.4 Å². The van der Waals surface area contributed by atoms with Gasteiger partial charge in [-0.3, -0.25) is 9.59 Å². The van der Waals surface area contributed by atoms with Crippen molar-refractivity contribution >= 4 is 17.5 Å². The van der Waals surface area contributed by atoms with Crippen molar-refractivity contribution in [2.24, 2.45) is 0 Å². The molecule has 0 radical (unpaired) electrons. The predicted molar refractivity (Wildman–Crippen MR) is 113 cm³/mol. The minimum Gasteiger partial charge on any atom is -0.482 e. The zero-order valence-electron chi connectivity index (χ0n) is 16.3. The van der Waals surface area contributed by atoms with E-state index < -0.39 is 0 Å². The average molecular weight is 412 g/mol. The van der Waals surface area contributed by atoms with E-state index in [0.717, 1.165) is 16.7 Å². The highest BCUT2D eigenvalue weighted by molar-refractivity contribution is 6.32. The smallest absolute Gasteiger partial charge is 0.266 e. The number of hydrogen-bond donors (Lipinski definition) is 1. The van der Waals surface area contributed by atoms with Gasteiger partial charge >= 0.3 is 0 Å². The summed E-state index contributed by atoms with van der Waals surface area (Å²) in [6, 6.07) is 16.4. The van der Waals surface area contributed by atoms with Crippen LogP contribution < -0.4 is 15.6 Å². The maximum Gasteiger partial charge on any atom is 0.266 e. The molecule has 2 aromatic carbocycles. The standard InChI is InChI=1S/C22H22ClN3O3/c1-15-3-6-17(7-4-15)19-9-10-22(28)26(25-19)12-11-24-21(27)14-29-20-13-16(2)5-8-18(20)23/h3-10,13H,11-12,14H2,1-2H3,(H,24,27). The van der Waals surface area contributed by atoms with Gasteiger partial charge in [-0.05, 0) is 37.6 Å². The van der Waals surface area contributed by atoms with Crippen molar-refractivity contribution in [3.05, 3.63) is 81.1 Å². The minimum atomic E-state index is -0.301. The SMILES string of the molecule is Cc1ccc(-c2ccc(=O)n(CCNC(=O)COc3cc(C)ccc3Cl)n2)cc1. The Morgan fingerprint density at radius 1 is 1.07 bits per heavy atom. The summed E-state index contributed by atoms with van der Waals surface area (Å²) in [5, 5.41) is 7.56. The number of aryl methyl sites for hydroxylation is 2. The monoisotopic (exact) mass is 411 g/mol. The molecule has 29 heavy (non-hydrogen) atoms. The van der Waals surface area contributed by atoms with Gasteiger partial charge in [-0.15, -0.1) is 0 Å². The van der Waals surface area contributed by atoms with E-state index in [9.17, 15) is 9.59 Å². The van der Waals surface area contributed by atoms with Crippen LogP contribution in [0.3, 0.4) is 0 Å². The van der Waals surface area contributed by atoms with E-state index in [2.05, 4.69) is 10.4 Å². The van der Waals surface area contributed by atoms with Gasteiger partial charge in [0.25, 0.3) is 11.5 Å². The summed E-state index contributed by atoms with van der Waals surface area (Å²) >= 11 is 6.05. The van der Waals surface area contributed by atoms with Gasteiger partial charge in [-0.2, -0.15) is 5.10 Å². The average Bonchev–Trinajstić information content (AvgIpc) is 2.71. The number of amides is 1. The summed E-state index contributed by atoms with van der Waals surface area (Å²) < 4.78 is 6.81. The first-order chi connectivity index (χ1) is 13.9. The molecule has 3 aromatic rings. The van der Waals surface area contributed by atoms with Crippen LogP contribution >= 0.6 is 11.6 Å². The number of benzene rings is 2. The fourth-order valence-corrected chi connectivity index (χ4v) is 2.88. The molecule has 1 heterocycles. The Hall–Kier alpha value is -3.12. The largest absolute Gasteiger partial charge is 0.482 e. The van der Waals surface area contributed by atoms with Crippen LogP contribution in [0.4, 0.5) is 0 Å². The van der Waals surface area contributed by atoms with Gasteiger partial charge in [-0.1, -0.05) is 47.5 Å². The lowest BCUT2D eigenvalue weighted by Gasteiger charge is -2.10. The highest BCUT2D eigenvalue weighted by atomic mass is 35.5. The van der Waals surface area contributed by atoms with E-state index >= 15 is 0 Å². The zero-order chi connectivity index (χ0) is 20.8. The van der Waals surface area contributed by atoms with Crippen LogP contribution in [-0.2, 0) is 11.3 Å². The second-order valence-corrected chi connectivity index (χ2v) is 7.13. The highest BCUT2D eigenvalue weighted by Crippen LogP contribution is 2.25. The Morgan fingerprint density at radius 2 is 1.79 bits per heavy atom. The van der Waals surface area contributed by atoms with Gasteiger partial charge in [0.2, 0.25) is 0 Å². The number of aromatic nitrogens is 2. The molecule has 7 heteroatoms. The van der Waals surface area contributed by atoms with Gasteiger partial charge < -0.3 is 10.1 Å². The Balaban J connectivity index is 1.55. The van der Waals surface area contributed by atoms with Crippen molar-refractivity contribution in [3.63, 3.8) is 0 Å². The number of rotatable bonds is 7. The van der Waals surface area contributed by atoms with E-state index in [4.69, 9.17) is 16.3 Å². The van der Waals surface area contributed by atoms with Crippen LogP contribution in [0.2, 0.25) is 5.02 Å². The van der Waals surface area contributed by atoms with E-state index in [-0.39, 0.29) is 31.2 Å². The van der Waals surface area contributed by atoms with Crippen LogP contribution in [-0.4, -0.2) is 28.8 Å². The van der Waals surface area contributed by atoms with Crippen molar-refractivity contribution < 1.29 is 9.53 Å². The summed E-state index contributed by atoms with van der Waals surface area (Å²) in [4.78, 5) is 24.1. The maximum atomic E-state index is 12.1. The fraction of sp³-hybridized carbons (Fsp3) is 0.227. The molecule has 6 nitrogen and oxygen atoms in total. The zero-order valence-corrected chi connectivity index (χ0v) is 17.1. The molecule has 1 N–H and O–H groups in total. The lowest BCUT2D eigenvalue weighted by molar-refractivity contribution is -0.123. The van der Waals surface area contributed by atoms with Crippen molar-refractivity contribution in [2.75, 3.05) is 13.2 Å². The molecule has 0 aliphatic carbocycles. The molecule has 1 aromatic heterocycles. The number of nitrogens with zero attached hydrogens (tertiary/aromatic N) is 2. The molecular formula is C22H22ClN3O3. The molecular weight excluding hydrogens is 390 g/mol. The topological polar surface area (TPSA) is 73.2 Å². The molecule has 1 amide bonds. The van der Waals surface area contributed by atoms with Gasteiger partial charge in [0.05, 0.1) is 17.3 Å². The van der Waals surface area contributed by atoms with Crippen LogP contribution in [0.1, 0.15) is 11.1 Å². The quantitative estimate of drug-likeness (QED) is 0.646. The van der Waals surface area contributed by atoms with Crippen molar-refractivity contribution in [1.82, 2.24) is 15.1 Å². The summed E-state index contributed by atoms with van der Waals surface area (Å²) in [5.41, 5.74) is 3.55. The van der Waals surface area contributed by atoms with Gasteiger partial charge in [0.1, 0.15) is 5.75 Å². The second kappa shape index (κ2) is 9.39. The van der Waals surface area contributed by atoms with Gasteiger partial charge in [-0.25, -0.2) is 4.68 Å². The molecule has 3 rings (SSSR count). The normalized spacial score (nSPS) is 10.6. The van der Waals surface area contributed by atoms with Crippen molar-refractivity contribution in [2.45, 2.75) is 20.4 Å². The lowest BCUT2D eigenvalue weighted by Crippen LogP contribution is -2.34. The number of halogens is 1. The number of ether oxygens (including phenoxy) is 1. The summed E-state index contributed by atoms with van der Waals surface area (Å²) in [5.74, 6) is 0.163. The minimum absolute atomic E-state index is 0.158. The molecule has 150 valence electrons. The molecule has 0 atom stereocenters. The maximum absolute atomic E-state index is 12.1. The number of nitrogens with one attached hydrogen (secondary N) is 1. The number of carbonyl (C=O) groups excluding carboxylic acids is 1. The van der Waals surface area contributed by atoms with Gasteiger partial charge in [0.15, 0.2) is 6.61 Å². The predicted octanol–water partition coefficient (Wildman–Crippen LogP) is 3.38. The summed E-state index contributed by atoms with van der Waals surface area (Å²) in [6.45, 7) is 4.29. The third-order valence-electron chi connectivity index (χ3n) is 4.31. The number of hydrogen-bond acceptors (Lipinski definition) is 4. The lowest BCUT2D eigenvalue weighted by atomic mass is 10.1. The first-order valence-corrected chi connectivity index (χ1v) is 9.61. The summed E-state index contributed by atoms with van der Waals surface area (Å²) in [6.07, 6.45) is 0. The Morgan fingerprint density at radius 3 is 2.55 bits per heavy atom. The first-order valence-electron chi connectivity index (χ1n) is 9.23. The second-order valence-electron chi connectivity index (χ2n) is 6.72. The molecule has 0 fully saturated rings. The molecule has 0 spiro atoms. The third kappa shape index (κ3) is 5.68. The summed E-state index contributed by atoms with van der Waals surface area (Å²) in [7, 11) is 0. The van der Waals surface area contributed by atoms with Gasteiger partial charge in [0, 0.05) is 18.2 Å². The van der Waals surface area contributed by atoms with Crippen molar-refractivity contribution in [3.8, 4) is 17.0 Å². The van der Waals surface area contributed by atoms with Crippen LogP contribution in [0.5, 0.6) is 5.75 Å². The Labute approximate surface area is 174 Å². The molecule has 0 unspecified atom stereocenters. The van der Waals surface area contributed by atoms with E-state index in [0.29, 0.717) is 16.5 Å². The first kappa shape index (κ1) is 20.6. The van der Waals surface area contributed by atoms with Crippen LogP contribution in [0.25, 0.3) is 11.3 Å². The Bertz CT molecular complexity index is 1060. The number of carbonyl (C=O) groups is 1. The molecule has 0 aliphatic rings. The van der Waals surface area contributed by atoms with Crippen LogP contribution in [0, 0.1) is 13.8 Å². The molecule has 0 saturated heterocycles. The molecule has 0 aliphatic heterocycles. The molecule has 0 bridgehead atoms. The Kier molecular flexibility index (Phi) is 6.67. The molecule has 0 saturated carbocycles.